The molecule has 142 valence electrons. The molecule has 27 heavy (non-hydrogen) atoms. The molecule has 0 atom stereocenters. The first-order valence-corrected chi connectivity index (χ1v) is 9.97. The van der Waals surface area contributed by atoms with Gasteiger partial charge in [-0.25, -0.2) is 4.39 Å². The predicted molar refractivity (Wildman–Crippen MR) is 108 cm³/mol. The van der Waals surface area contributed by atoms with E-state index < -0.39 is 0 Å². The second-order valence-electron chi connectivity index (χ2n) is 5.89. The van der Waals surface area contributed by atoms with Gasteiger partial charge in [0, 0.05) is 34.6 Å². The Morgan fingerprint density at radius 1 is 1.00 bits per heavy atom. The van der Waals surface area contributed by atoms with Gasteiger partial charge in [-0.15, -0.1) is 11.3 Å². The fraction of sp³-hybridized carbons (Fsp3) is 0.238. The molecule has 0 aliphatic carbocycles. The molecule has 0 fully saturated rings. The summed E-state index contributed by atoms with van der Waals surface area (Å²) in [5.74, 6) is 0.814. The van der Waals surface area contributed by atoms with E-state index in [4.69, 9.17) is 21.1 Å². The van der Waals surface area contributed by atoms with Gasteiger partial charge in [-0.05, 0) is 36.1 Å². The Hall–Kier alpha value is -2.08. The van der Waals surface area contributed by atoms with Crippen LogP contribution in [0.4, 0.5) is 4.39 Å². The second kappa shape index (κ2) is 9.74. The first kappa shape index (κ1) is 19.7. The molecule has 0 saturated heterocycles. The highest BCUT2D eigenvalue weighted by molar-refractivity contribution is 7.09. The maximum absolute atomic E-state index is 13.8. The van der Waals surface area contributed by atoms with Crippen molar-refractivity contribution >= 4 is 22.9 Å². The molecule has 0 unspecified atom stereocenters. The fourth-order valence-corrected chi connectivity index (χ4v) is 3.49. The van der Waals surface area contributed by atoms with Crippen molar-refractivity contribution in [3.05, 3.63) is 80.8 Å². The molecule has 0 bridgehead atoms. The van der Waals surface area contributed by atoms with Crippen molar-refractivity contribution in [2.45, 2.75) is 26.6 Å². The minimum atomic E-state index is -0.295. The maximum atomic E-state index is 13.8. The van der Waals surface area contributed by atoms with Crippen LogP contribution in [0.3, 0.4) is 0 Å². The molecule has 1 N–H and O–H groups in total. The lowest BCUT2D eigenvalue weighted by atomic mass is 10.2. The van der Waals surface area contributed by atoms with Crippen molar-refractivity contribution in [3.8, 4) is 11.5 Å². The molecule has 0 aliphatic rings. The van der Waals surface area contributed by atoms with E-state index in [2.05, 4.69) is 16.8 Å². The molecule has 0 spiro atoms. The van der Waals surface area contributed by atoms with Gasteiger partial charge in [0.05, 0.1) is 6.61 Å². The van der Waals surface area contributed by atoms with E-state index in [-0.39, 0.29) is 12.4 Å². The third-order valence-electron chi connectivity index (χ3n) is 3.95. The van der Waals surface area contributed by atoms with Crippen LogP contribution >= 0.6 is 22.9 Å². The van der Waals surface area contributed by atoms with Crippen LogP contribution in [0.2, 0.25) is 5.02 Å². The van der Waals surface area contributed by atoms with Gasteiger partial charge in [0.2, 0.25) is 0 Å². The zero-order valence-electron chi connectivity index (χ0n) is 15.0. The molecule has 3 rings (SSSR count). The van der Waals surface area contributed by atoms with Crippen LogP contribution in [0, 0.1) is 5.82 Å². The number of rotatable bonds is 9. The highest BCUT2D eigenvalue weighted by Gasteiger charge is 2.12. The van der Waals surface area contributed by atoms with E-state index in [1.54, 1.807) is 35.6 Å². The highest BCUT2D eigenvalue weighted by Crippen LogP contribution is 2.34. The Morgan fingerprint density at radius 3 is 2.56 bits per heavy atom. The number of nitrogens with one attached hydrogen (secondary N) is 1. The first-order chi connectivity index (χ1) is 13.2. The van der Waals surface area contributed by atoms with Gasteiger partial charge < -0.3 is 14.8 Å². The van der Waals surface area contributed by atoms with E-state index in [1.807, 2.05) is 19.1 Å². The highest BCUT2D eigenvalue weighted by atomic mass is 35.5. The van der Waals surface area contributed by atoms with Gasteiger partial charge >= 0.3 is 0 Å². The molecule has 6 heteroatoms. The second-order valence-corrected chi connectivity index (χ2v) is 7.33. The van der Waals surface area contributed by atoms with Crippen molar-refractivity contribution in [1.82, 2.24) is 5.32 Å². The number of hydrogen-bond donors (Lipinski definition) is 1. The van der Waals surface area contributed by atoms with Gasteiger partial charge in [-0.2, -0.15) is 0 Å². The molecule has 3 aromatic rings. The van der Waals surface area contributed by atoms with E-state index >= 15 is 0 Å². The molecular formula is C21H21ClFNO2S. The van der Waals surface area contributed by atoms with Crippen molar-refractivity contribution in [1.29, 1.82) is 0 Å². The molecule has 0 saturated carbocycles. The Bertz CT molecular complexity index is 871. The standard InChI is InChI=1S/C21H21ClFNO2S/c1-2-25-20-10-16(12-24-13-17-7-5-9-27-17)18(22)11-21(20)26-14-15-6-3-4-8-19(15)23/h3-11,24H,2,12-14H2,1H3. The molecule has 3 nitrogen and oxygen atoms in total. The van der Waals surface area contributed by atoms with E-state index in [9.17, 15) is 4.39 Å². The van der Waals surface area contributed by atoms with Crippen molar-refractivity contribution in [2.75, 3.05) is 6.61 Å². The lowest BCUT2D eigenvalue weighted by Gasteiger charge is -2.15. The minimum absolute atomic E-state index is 0.110. The molecule has 0 aliphatic heterocycles. The summed E-state index contributed by atoms with van der Waals surface area (Å²) in [6, 6.07) is 14.3. The van der Waals surface area contributed by atoms with Crippen LogP contribution in [0.15, 0.2) is 53.9 Å². The van der Waals surface area contributed by atoms with Crippen LogP contribution in [-0.4, -0.2) is 6.61 Å². The topological polar surface area (TPSA) is 30.5 Å². The van der Waals surface area contributed by atoms with Gasteiger partial charge in [0.25, 0.3) is 0 Å². The number of hydrogen-bond acceptors (Lipinski definition) is 4. The third-order valence-corrected chi connectivity index (χ3v) is 5.18. The fourth-order valence-electron chi connectivity index (χ4n) is 2.60. The smallest absolute Gasteiger partial charge is 0.163 e. The summed E-state index contributed by atoms with van der Waals surface area (Å²) in [4.78, 5) is 1.26. The SMILES string of the molecule is CCOc1cc(CNCc2cccs2)c(Cl)cc1OCc1ccccc1F. The average Bonchev–Trinajstić information content (AvgIpc) is 3.17. The van der Waals surface area contributed by atoms with Crippen LogP contribution in [0.25, 0.3) is 0 Å². The lowest BCUT2D eigenvalue weighted by molar-refractivity contribution is 0.265. The van der Waals surface area contributed by atoms with Crippen LogP contribution < -0.4 is 14.8 Å². The maximum Gasteiger partial charge on any atom is 0.163 e. The summed E-state index contributed by atoms with van der Waals surface area (Å²) in [5, 5.41) is 6.02. The predicted octanol–water partition coefficient (Wildman–Crippen LogP) is 5.81. The monoisotopic (exact) mass is 405 g/mol. The molecule has 0 radical (unpaired) electrons. The normalized spacial score (nSPS) is 10.8. The Kier molecular flexibility index (Phi) is 7.10. The molecule has 0 amide bonds. The molecule has 1 heterocycles. The van der Waals surface area contributed by atoms with E-state index in [0.29, 0.717) is 35.2 Å². The Labute approximate surface area is 167 Å². The zero-order chi connectivity index (χ0) is 19.1. The number of benzene rings is 2. The summed E-state index contributed by atoms with van der Waals surface area (Å²) in [7, 11) is 0. The van der Waals surface area contributed by atoms with Gasteiger partial charge in [0.15, 0.2) is 11.5 Å². The van der Waals surface area contributed by atoms with Crippen molar-refractivity contribution < 1.29 is 13.9 Å². The van der Waals surface area contributed by atoms with E-state index in [1.165, 1.54) is 10.9 Å². The largest absolute Gasteiger partial charge is 0.490 e. The number of halogens is 2. The van der Waals surface area contributed by atoms with Gasteiger partial charge in [-0.3, -0.25) is 0 Å². The lowest BCUT2D eigenvalue weighted by Crippen LogP contribution is -2.12. The zero-order valence-corrected chi connectivity index (χ0v) is 16.6. The summed E-state index contributed by atoms with van der Waals surface area (Å²) in [6.45, 7) is 3.91. The number of ether oxygens (including phenoxy) is 2. The molecular weight excluding hydrogens is 385 g/mol. The van der Waals surface area contributed by atoms with Crippen LogP contribution in [0.5, 0.6) is 11.5 Å². The summed E-state index contributed by atoms with van der Waals surface area (Å²) < 4.78 is 25.3. The number of thiophene rings is 1. The summed E-state index contributed by atoms with van der Waals surface area (Å²) in [6.07, 6.45) is 0. The quantitative estimate of drug-likeness (QED) is 0.487. The van der Waals surface area contributed by atoms with E-state index in [0.717, 1.165) is 12.1 Å². The third kappa shape index (κ3) is 5.45. The van der Waals surface area contributed by atoms with Crippen LogP contribution in [0.1, 0.15) is 22.9 Å². The van der Waals surface area contributed by atoms with Crippen molar-refractivity contribution in [3.63, 3.8) is 0 Å². The average molecular weight is 406 g/mol. The first-order valence-electron chi connectivity index (χ1n) is 8.72. The minimum Gasteiger partial charge on any atom is -0.490 e. The summed E-state index contributed by atoms with van der Waals surface area (Å²) in [5.41, 5.74) is 1.41. The Morgan fingerprint density at radius 2 is 1.81 bits per heavy atom. The van der Waals surface area contributed by atoms with Crippen molar-refractivity contribution in [2.24, 2.45) is 0 Å². The van der Waals surface area contributed by atoms with Crippen LogP contribution in [-0.2, 0) is 19.7 Å². The Balaban J connectivity index is 1.70. The van der Waals surface area contributed by atoms with Gasteiger partial charge in [-0.1, -0.05) is 35.9 Å². The molecule has 1 aromatic heterocycles. The summed E-state index contributed by atoms with van der Waals surface area (Å²) >= 11 is 8.14. The van der Waals surface area contributed by atoms with Gasteiger partial charge in [0.1, 0.15) is 12.4 Å². The molecule has 2 aromatic carbocycles.